The SMILES string of the molecule is COC(=O)C1=C(C)NC2=C(C(=O)CCC2)[C@@H]1c1ccc2c(c1)OCC2. The number of carbonyl (C=O) groups is 2. The predicted octanol–water partition coefficient (Wildman–Crippen LogP) is 2.76. The van der Waals surface area contributed by atoms with Crippen LogP contribution in [0.1, 0.15) is 43.2 Å². The summed E-state index contributed by atoms with van der Waals surface area (Å²) < 4.78 is 10.7. The molecule has 5 heteroatoms. The molecule has 0 aromatic heterocycles. The molecule has 0 spiro atoms. The lowest BCUT2D eigenvalue weighted by Crippen LogP contribution is -2.34. The quantitative estimate of drug-likeness (QED) is 0.840. The molecule has 0 saturated carbocycles. The van der Waals surface area contributed by atoms with Gasteiger partial charge in [-0.1, -0.05) is 12.1 Å². The zero-order valence-corrected chi connectivity index (χ0v) is 14.5. The minimum Gasteiger partial charge on any atom is -0.493 e. The van der Waals surface area contributed by atoms with Crippen LogP contribution >= 0.6 is 0 Å². The number of hydrogen-bond acceptors (Lipinski definition) is 5. The van der Waals surface area contributed by atoms with Crippen molar-refractivity contribution < 1.29 is 19.1 Å². The predicted molar refractivity (Wildman–Crippen MR) is 92.1 cm³/mol. The lowest BCUT2D eigenvalue weighted by Gasteiger charge is -2.34. The Morgan fingerprint density at radius 3 is 2.92 bits per heavy atom. The van der Waals surface area contributed by atoms with E-state index in [4.69, 9.17) is 9.47 Å². The van der Waals surface area contributed by atoms with Crippen LogP contribution in [0.25, 0.3) is 0 Å². The smallest absolute Gasteiger partial charge is 0.336 e. The third-order valence-electron chi connectivity index (χ3n) is 5.23. The molecule has 1 aliphatic carbocycles. The van der Waals surface area contributed by atoms with Crippen LogP contribution in [0, 0.1) is 0 Å². The molecule has 1 N–H and O–H groups in total. The molecule has 1 aromatic carbocycles. The second-order valence-corrected chi connectivity index (χ2v) is 6.72. The zero-order valence-electron chi connectivity index (χ0n) is 14.5. The number of fused-ring (bicyclic) bond motifs is 1. The van der Waals surface area contributed by atoms with Crippen molar-refractivity contribution in [2.75, 3.05) is 13.7 Å². The van der Waals surface area contributed by atoms with Gasteiger partial charge in [0.1, 0.15) is 5.75 Å². The first-order chi connectivity index (χ1) is 12.1. The Kier molecular flexibility index (Phi) is 3.86. The molecule has 2 heterocycles. The van der Waals surface area contributed by atoms with E-state index >= 15 is 0 Å². The summed E-state index contributed by atoms with van der Waals surface area (Å²) in [7, 11) is 1.37. The highest BCUT2D eigenvalue weighted by Gasteiger charge is 2.39. The molecule has 0 radical (unpaired) electrons. The van der Waals surface area contributed by atoms with Crippen molar-refractivity contribution in [2.45, 2.75) is 38.5 Å². The number of ether oxygens (including phenoxy) is 2. The van der Waals surface area contributed by atoms with Crippen LogP contribution < -0.4 is 10.1 Å². The van der Waals surface area contributed by atoms with E-state index in [9.17, 15) is 9.59 Å². The summed E-state index contributed by atoms with van der Waals surface area (Å²) in [5.74, 6) is 0.157. The summed E-state index contributed by atoms with van der Waals surface area (Å²) in [6, 6.07) is 6.02. The van der Waals surface area contributed by atoms with Crippen LogP contribution in [0.5, 0.6) is 5.75 Å². The molecule has 2 aliphatic heterocycles. The van der Waals surface area contributed by atoms with Crippen molar-refractivity contribution in [3.8, 4) is 5.75 Å². The largest absolute Gasteiger partial charge is 0.493 e. The molecule has 4 rings (SSSR count). The van der Waals surface area contributed by atoms with E-state index in [1.54, 1.807) is 0 Å². The first-order valence-electron chi connectivity index (χ1n) is 8.68. The third-order valence-corrected chi connectivity index (χ3v) is 5.23. The molecule has 0 amide bonds. The fourth-order valence-corrected chi connectivity index (χ4v) is 4.06. The van der Waals surface area contributed by atoms with Gasteiger partial charge in [0.2, 0.25) is 0 Å². The average molecular weight is 339 g/mol. The van der Waals surface area contributed by atoms with Gasteiger partial charge in [-0.3, -0.25) is 4.79 Å². The Morgan fingerprint density at radius 2 is 2.12 bits per heavy atom. The van der Waals surface area contributed by atoms with Crippen LogP contribution in [0.3, 0.4) is 0 Å². The Hall–Kier alpha value is -2.56. The summed E-state index contributed by atoms with van der Waals surface area (Å²) in [5.41, 5.74) is 4.98. The van der Waals surface area contributed by atoms with Crippen LogP contribution in [-0.2, 0) is 20.7 Å². The molecule has 1 atom stereocenters. The maximum atomic E-state index is 12.7. The minimum atomic E-state index is -0.402. The number of ketones is 1. The standard InChI is InChI=1S/C20H21NO4/c1-11-17(20(23)24-2)18(19-14(21-11)4-3-5-15(19)22)13-7-6-12-8-9-25-16(12)10-13/h6-7,10,18,21H,3-5,8-9H2,1-2H3/t18-/m1/s1. The first kappa shape index (κ1) is 15.9. The number of benzene rings is 1. The summed E-state index contributed by atoms with van der Waals surface area (Å²) in [6.07, 6.45) is 3.08. The highest BCUT2D eigenvalue weighted by molar-refractivity contribution is 6.03. The van der Waals surface area contributed by atoms with Gasteiger partial charge >= 0.3 is 5.97 Å². The number of hydrogen-bond donors (Lipinski definition) is 1. The normalized spacial score (nSPS) is 22.2. The number of methoxy groups -OCH3 is 1. The topological polar surface area (TPSA) is 64.6 Å². The van der Waals surface area contributed by atoms with Crippen molar-refractivity contribution in [1.82, 2.24) is 5.32 Å². The average Bonchev–Trinajstić information content (AvgIpc) is 3.07. The lowest BCUT2D eigenvalue weighted by molar-refractivity contribution is -0.136. The van der Waals surface area contributed by atoms with Crippen molar-refractivity contribution in [3.05, 3.63) is 51.9 Å². The van der Waals surface area contributed by atoms with Gasteiger partial charge in [-0.2, -0.15) is 0 Å². The fraction of sp³-hybridized carbons (Fsp3) is 0.400. The summed E-state index contributed by atoms with van der Waals surface area (Å²) in [6.45, 7) is 2.54. The van der Waals surface area contributed by atoms with Crippen LogP contribution in [0.4, 0.5) is 0 Å². The number of Topliss-reactive ketones (excluding diaryl/α,β-unsaturated/α-hetero) is 1. The van der Waals surface area contributed by atoms with Crippen LogP contribution in [0.2, 0.25) is 0 Å². The molecule has 0 saturated heterocycles. The van der Waals surface area contributed by atoms with Gasteiger partial charge in [-0.15, -0.1) is 0 Å². The van der Waals surface area contributed by atoms with Crippen LogP contribution in [-0.4, -0.2) is 25.5 Å². The number of nitrogens with one attached hydrogen (secondary N) is 1. The van der Waals surface area contributed by atoms with E-state index in [0.717, 1.165) is 42.0 Å². The van der Waals surface area contributed by atoms with Gasteiger partial charge in [-0.05, 0) is 37.0 Å². The van der Waals surface area contributed by atoms with Gasteiger partial charge in [0.05, 0.1) is 19.3 Å². The van der Waals surface area contributed by atoms with Crippen molar-refractivity contribution in [1.29, 1.82) is 0 Å². The number of rotatable bonds is 2. The lowest BCUT2D eigenvalue weighted by atomic mass is 9.75. The van der Waals surface area contributed by atoms with E-state index in [1.807, 2.05) is 25.1 Å². The van der Waals surface area contributed by atoms with E-state index in [1.165, 1.54) is 12.7 Å². The van der Waals surface area contributed by atoms with E-state index in [2.05, 4.69) is 5.32 Å². The number of allylic oxidation sites excluding steroid dienone is 3. The second kappa shape index (κ2) is 6.06. The molecular formula is C20H21NO4. The van der Waals surface area contributed by atoms with Gasteiger partial charge in [0.25, 0.3) is 0 Å². The molecule has 25 heavy (non-hydrogen) atoms. The number of esters is 1. The van der Waals surface area contributed by atoms with E-state index in [-0.39, 0.29) is 5.78 Å². The Balaban J connectivity index is 1.88. The first-order valence-corrected chi connectivity index (χ1v) is 8.68. The highest BCUT2D eigenvalue weighted by Crippen LogP contribution is 2.43. The monoisotopic (exact) mass is 339 g/mol. The third kappa shape index (κ3) is 2.54. The van der Waals surface area contributed by atoms with Crippen LogP contribution in [0.15, 0.2) is 40.7 Å². The van der Waals surface area contributed by atoms with Crippen molar-refractivity contribution >= 4 is 11.8 Å². The Bertz CT molecular complexity index is 834. The highest BCUT2D eigenvalue weighted by atomic mass is 16.5. The Morgan fingerprint density at radius 1 is 1.28 bits per heavy atom. The van der Waals surface area contributed by atoms with Gasteiger partial charge < -0.3 is 14.8 Å². The molecule has 5 nitrogen and oxygen atoms in total. The molecule has 3 aliphatic rings. The number of carbonyl (C=O) groups excluding carboxylic acids is 2. The van der Waals surface area contributed by atoms with Gasteiger partial charge in [-0.25, -0.2) is 4.79 Å². The minimum absolute atomic E-state index is 0.106. The van der Waals surface area contributed by atoms with Gasteiger partial charge in [0, 0.05) is 35.7 Å². The molecule has 0 fully saturated rings. The Labute approximate surface area is 146 Å². The summed E-state index contributed by atoms with van der Waals surface area (Å²) in [4.78, 5) is 25.2. The zero-order chi connectivity index (χ0) is 17.6. The van der Waals surface area contributed by atoms with E-state index < -0.39 is 11.9 Å². The van der Waals surface area contributed by atoms with Crippen molar-refractivity contribution in [2.24, 2.45) is 0 Å². The maximum absolute atomic E-state index is 12.7. The molecule has 0 bridgehead atoms. The molecule has 130 valence electrons. The second-order valence-electron chi connectivity index (χ2n) is 6.72. The summed E-state index contributed by atoms with van der Waals surface area (Å²) >= 11 is 0. The summed E-state index contributed by atoms with van der Waals surface area (Å²) in [5, 5.41) is 3.27. The molecular weight excluding hydrogens is 318 g/mol. The fourth-order valence-electron chi connectivity index (χ4n) is 4.06. The molecule has 0 unspecified atom stereocenters. The van der Waals surface area contributed by atoms with Crippen molar-refractivity contribution in [3.63, 3.8) is 0 Å². The number of dihydropyridines is 1. The van der Waals surface area contributed by atoms with E-state index in [0.29, 0.717) is 24.2 Å². The van der Waals surface area contributed by atoms with Gasteiger partial charge in [0.15, 0.2) is 5.78 Å². The molecule has 1 aromatic rings. The maximum Gasteiger partial charge on any atom is 0.336 e.